The first-order valence-electron chi connectivity index (χ1n) is 8.64. The van der Waals surface area contributed by atoms with Crippen LogP contribution in [0.1, 0.15) is 10.6 Å². The van der Waals surface area contributed by atoms with Gasteiger partial charge in [-0.15, -0.1) is 21.5 Å². The highest BCUT2D eigenvalue weighted by atomic mass is 32.1. The van der Waals surface area contributed by atoms with Gasteiger partial charge in [-0.05, 0) is 50.2 Å². The van der Waals surface area contributed by atoms with Gasteiger partial charge in [0.1, 0.15) is 5.82 Å². The number of hydrogen-bond acceptors (Lipinski definition) is 6. The van der Waals surface area contributed by atoms with E-state index in [9.17, 15) is 4.39 Å². The molecule has 3 heterocycles. The second-order valence-corrected chi connectivity index (χ2v) is 7.58. The second-order valence-electron chi connectivity index (χ2n) is 6.40. The van der Waals surface area contributed by atoms with E-state index in [0.717, 1.165) is 54.1 Å². The summed E-state index contributed by atoms with van der Waals surface area (Å²) in [6.45, 7) is 7.81. The number of benzene rings is 1. The van der Waals surface area contributed by atoms with Gasteiger partial charge in [-0.1, -0.05) is 0 Å². The summed E-state index contributed by atoms with van der Waals surface area (Å²) in [5.74, 6) is 0.629. The molecule has 0 N–H and O–H groups in total. The van der Waals surface area contributed by atoms with Gasteiger partial charge in [0.2, 0.25) is 0 Å². The zero-order valence-corrected chi connectivity index (χ0v) is 15.6. The van der Waals surface area contributed by atoms with Crippen molar-refractivity contribution in [3.63, 3.8) is 0 Å². The Kier molecular flexibility index (Phi) is 4.55. The molecule has 1 aliphatic heterocycles. The maximum absolute atomic E-state index is 13.0. The van der Waals surface area contributed by atoms with E-state index in [4.69, 9.17) is 0 Å². The van der Waals surface area contributed by atoms with Gasteiger partial charge >= 0.3 is 0 Å². The first kappa shape index (κ1) is 16.9. The Balaban J connectivity index is 1.42. The Morgan fingerprint density at radius 3 is 2.15 bits per heavy atom. The largest absolute Gasteiger partial charge is 0.352 e. The maximum Gasteiger partial charge on any atom is 0.185 e. The minimum absolute atomic E-state index is 0.248. The van der Waals surface area contributed by atoms with Gasteiger partial charge in [-0.2, -0.15) is 0 Å². The van der Waals surface area contributed by atoms with Crippen LogP contribution in [0.4, 0.5) is 15.3 Å². The molecule has 26 heavy (non-hydrogen) atoms. The Morgan fingerprint density at radius 2 is 1.58 bits per heavy atom. The highest BCUT2D eigenvalue weighted by Gasteiger charge is 2.21. The topological polar surface area (TPSA) is 45.2 Å². The van der Waals surface area contributed by atoms with Gasteiger partial charge in [0.15, 0.2) is 10.9 Å². The number of aromatic nitrogens is 3. The number of halogens is 1. The van der Waals surface area contributed by atoms with E-state index in [0.29, 0.717) is 0 Å². The van der Waals surface area contributed by atoms with Crippen molar-refractivity contribution in [1.82, 2.24) is 15.2 Å². The molecule has 0 bridgehead atoms. The van der Waals surface area contributed by atoms with E-state index in [1.807, 2.05) is 12.1 Å². The first-order chi connectivity index (χ1) is 12.6. The van der Waals surface area contributed by atoms with Crippen LogP contribution in [0.5, 0.6) is 0 Å². The summed E-state index contributed by atoms with van der Waals surface area (Å²) in [7, 11) is 0. The fraction of sp³-hybridized carbons (Fsp3) is 0.316. The molecule has 3 aromatic rings. The minimum Gasteiger partial charge on any atom is -0.352 e. The molecule has 0 saturated carbocycles. The summed E-state index contributed by atoms with van der Waals surface area (Å²) in [5, 5.41) is 9.78. The number of rotatable bonds is 3. The van der Waals surface area contributed by atoms with Crippen molar-refractivity contribution in [2.75, 3.05) is 36.0 Å². The van der Waals surface area contributed by atoms with E-state index in [-0.39, 0.29) is 5.82 Å². The average Bonchev–Trinajstić information content (AvgIpc) is 3.01. The van der Waals surface area contributed by atoms with Gasteiger partial charge in [-0.25, -0.2) is 9.37 Å². The van der Waals surface area contributed by atoms with Crippen LogP contribution in [0.15, 0.2) is 36.4 Å². The van der Waals surface area contributed by atoms with Crippen LogP contribution in [0.2, 0.25) is 0 Å². The highest BCUT2D eigenvalue weighted by molar-refractivity contribution is 7.15. The third-order valence-electron chi connectivity index (χ3n) is 4.68. The third kappa shape index (κ3) is 3.39. The monoisotopic (exact) mass is 369 g/mol. The van der Waals surface area contributed by atoms with Gasteiger partial charge < -0.3 is 9.80 Å². The van der Waals surface area contributed by atoms with Crippen LogP contribution in [0, 0.1) is 19.7 Å². The lowest BCUT2D eigenvalue weighted by atomic mass is 10.1. The van der Waals surface area contributed by atoms with Crippen molar-refractivity contribution >= 4 is 22.3 Å². The lowest BCUT2D eigenvalue weighted by Crippen LogP contribution is -2.46. The zero-order valence-electron chi connectivity index (χ0n) is 14.8. The molecule has 4 rings (SSSR count). The Labute approximate surface area is 156 Å². The molecule has 1 aromatic carbocycles. The van der Waals surface area contributed by atoms with Crippen molar-refractivity contribution < 1.29 is 4.39 Å². The molecular formula is C19H20FN5S. The van der Waals surface area contributed by atoms with Gasteiger partial charge in [0.05, 0.1) is 11.4 Å². The molecule has 2 aromatic heterocycles. The molecule has 1 saturated heterocycles. The number of hydrogen-bond donors (Lipinski definition) is 0. The fourth-order valence-corrected chi connectivity index (χ4v) is 3.95. The van der Waals surface area contributed by atoms with Crippen LogP contribution < -0.4 is 9.80 Å². The van der Waals surface area contributed by atoms with Crippen LogP contribution in [-0.2, 0) is 0 Å². The van der Waals surface area contributed by atoms with Gasteiger partial charge in [-0.3, -0.25) is 0 Å². The Hall–Kier alpha value is -2.54. The Morgan fingerprint density at radius 1 is 0.885 bits per heavy atom. The van der Waals surface area contributed by atoms with Crippen LogP contribution in [-0.4, -0.2) is 41.4 Å². The first-order valence-corrected chi connectivity index (χ1v) is 9.45. The molecule has 134 valence electrons. The molecule has 5 nitrogen and oxygen atoms in total. The van der Waals surface area contributed by atoms with Crippen molar-refractivity contribution in [3.05, 3.63) is 52.8 Å². The predicted molar refractivity (Wildman–Crippen MR) is 103 cm³/mol. The van der Waals surface area contributed by atoms with E-state index < -0.39 is 0 Å². The SMILES string of the molecule is Cc1nc(N2CCN(c3ccc(-c4ccc(F)cc4)nn3)CC2)sc1C. The molecule has 0 unspecified atom stereocenters. The molecule has 1 fully saturated rings. The van der Waals surface area contributed by atoms with E-state index in [2.05, 4.69) is 38.8 Å². The lowest BCUT2D eigenvalue weighted by molar-refractivity contribution is 0.628. The summed E-state index contributed by atoms with van der Waals surface area (Å²) in [4.78, 5) is 10.5. The molecule has 0 spiro atoms. The smallest absolute Gasteiger partial charge is 0.185 e. The van der Waals surface area contributed by atoms with Crippen molar-refractivity contribution in [2.24, 2.45) is 0 Å². The molecule has 0 amide bonds. The molecule has 0 aliphatic carbocycles. The summed E-state index contributed by atoms with van der Waals surface area (Å²) in [5.41, 5.74) is 2.74. The zero-order chi connectivity index (χ0) is 18.1. The summed E-state index contributed by atoms with van der Waals surface area (Å²) in [6, 6.07) is 10.2. The normalized spacial score (nSPS) is 14.7. The number of aryl methyl sites for hydroxylation is 2. The summed E-state index contributed by atoms with van der Waals surface area (Å²) in [6.07, 6.45) is 0. The Bertz CT molecular complexity index is 864. The van der Waals surface area contributed by atoms with Gasteiger partial charge in [0, 0.05) is 36.6 Å². The molecule has 0 radical (unpaired) electrons. The maximum atomic E-state index is 13.0. The summed E-state index contributed by atoms with van der Waals surface area (Å²) < 4.78 is 13.0. The average molecular weight is 369 g/mol. The molecular weight excluding hydrogens is 349 g/mol. The van der Waals surface area contributed by atoms with Crippen molar-refractivity contribution in [1.29, 1.82) is 0 Å². The fourth-order valence-electron chi connectivity index (χ4n) is 2.99. The standard InChI is InChI=1S/C19H20FN5S/c1-13-14(2)26-19(21-13)25-11-9-24(10-12-25)18-8-7-17(22-23-18)15-3-5-16(20)6-4-15/h3-8H,9-12H2,1-2H3. The third-order valence-corrected chi connectivity index (χ3v) is 5.82. The quantitative estimate of drug-likeness (QED) is 0.705. The lowest BCUT2D eigenvalue weighted by Gasteiger charge is -2.35. The van der Waals surface area contributed by atoms with E-state index in [1.54, 1.807) is 23.5 Å². The number of anilines is 2. The van der Waals surface area contributed by atoms with E-state index in [1.165, 1.54) is 17.0 Å². The minimum atomic E-state index is -0.248. The van der Waals surface area contributed by atoms with Crippen molar-refractivity contribution in [3.8, 4) is 11.3 Å². The predicted octanol–water partition coefficient (Wildman–Crippen LogP) is 3.68. The van der Waals surface area contributed by atoms with Crippen molar-refractivity contribution in [2.45, 2.75) is 13.8 Å². The van der Waals surface area contributed by atoms with Gasteiger partial charge in [0.25, 0.3) is 0 Å². The summed E-state index contributed by atoms with van der Waals surface area (Å²) >= 11 is 1.76. The van der Waals surface area contributed by atoms with Crippen LogP contribution in [0.25, 0.3) is 11.3 Å². The molecule has 0 atom stereocenters. The van der Waals surface area contributed by atoms with Crippen LogP contribution >= 0.6 is 11.3 Å². The van der Waals surface area contributed by atoms with E-state index >= 15 is 0 Å². The number of nitrogens with zero attached hydrogens (tertiary/aromatic N) is 5. The molecule has 7 heteroatoms. The highest BCUT2D eigenvalue weighted by Crippen LogP contribution is 2.27. The second kappa shape index (κ2) is 6.99. The number of piperazine rings is 1. The van der Waals surface area contributed by atoms with Crippen LogP contribution in [0.3, 0.4) is 0 Å². The number of thiazole rings is 1. The molecule has 1 aliphatic rings.